The molecule has 2 aliphatic rings. The monoisotopic (exact) mass is 210 g/mol. The smallest absolute Gasteiger partial charge is 0.223 e. The van der Waals surface area contributed by atoms with Crippen LogP contribution in [0.5, 0.6) is 0 Å². The summed E-state index contributed by atoms with van der Waals surface area (Å²) in [5.74, 6) is 1.30. The molecule has 1 aliphatic carbocycles. The van der Waals surface area contributed by atoms with Gasteiger partial charge in [-0.3, -0.25) is 4.79 Å². The molecule has 1 saturated heterocycles. The number of rotatable bonds is 3. The predicted molar refractivity (Wildman–Crippen MR) is 60.5 cm³/mol. The number of piperidine rings is 1. The van der Waals surface area contributed by atoms with Gasteiger partial charge in [0.05, 0.1) is 0 Å². The second-order valence-electron chi connectivity index (χ2n) is 5.10. The van der Waals surface area contributed by atoms with E-state index in [0.717, 1.165) is 25.3 Å². The zero-order valence-electron chi connectivity index (χ0n) is 9.75. The molecule has 0 bridgehead atoms. The summed E-state index contributed by atoms with van der Waals surface area (Å²) < 4.78 is 0. The summed E-state index contributed by atoms with van der Waals surface area (Å²) >= 11 is 0. The zero-order valence-corrected chi connectivity index (χ0v) is 9.75. The van der Waals surface area contributed by atoms with Crippen molar-refractivity contribution in [3.05, 3.63) is 0 Å². The van der Waals surface area contributed by atoms with E-state index in [4.69, 9.17) is 0 Å². The minimum absolute atomic E-state index is 0.249. The molecule has 3 nitrogen and oxygen atoms in total. The normalized spacial score (nSPS) is 39.9. The van der Waals surface area contributed by atoms with Crippen LogP contribution in [0.15, 0.2) is 0 Å². The van der Waals surface area contributed by atoms with Crippen molar-refractivity contribution in [2.45, 2.75) is 51.6 Å². The molecule has 4 atom stereocenters. The van der Waals surface area contributed by atoms with Gasteiger partial charge in [0.15, 0.2) is 0 Å². The quantitative estimate of drug-likeness (QED) is 0.737. The molecular formula is C12H22N2O. The molecule has 2 fully saturated rings. The molecular weight excluding hydrogens is 188 g/mol. The predicted octanol–water partition coefficient (Wildman–Crippen LogP) is 1.29. The largest absolute Gasteiger partial charge is 0.353 e. The van der Waals surface area contributed by atoms with Gasteiger partial charge in [0.2, 0.25) is 5.91 Å². The van der Waals surface area contributed by atoms with Crippen LogP contribution in [-0.2, 0) is 4.79 Å². The van der Waals surface area contributed by atoms with Gasteiger partial charge < -0.3 is 10.6 Å². The third-order valence-electron chi connectivity index (χ3n) is 3.77. The molecule has 86 valence electrons. The Hall–Kier alpha value is -0.570. The van der Waals surface area contributed by atoms with Crippen LogP contribution in [0.4, 0.5) is 0 Å². The summed E-state index contributed by atoms with van der Waals surface area (Å²) in [5, 5.41) is 6.55. The average Bonchev–Trinajstić information content (AvgIpc) is 2.96. The summed E-state index contributed by atoms with van der Waals surface area (Å²) in [5.41, 5.74) is 0. The van der Waals surface area contributed by atoms with Crippen LogP contribution in [0, 0.1) is 11.8 Å². The summed E-state index contributed by atoms with van der Waals surface area (Å²) in [6, 6.07) is 0.989. The molecule has 0 aromatic carbocycles. The van der Waals surface area contributed by atoms with Gasteiger partial charge in [0.1, 0.15) is 0 Å². The molecule has 1 aliphatic heterocycles. The first kappa shape index (κ1) is 10.9. The number of carbonyl (C=O) groups is 1. The van der Waals surface area contributed by atoms with E-state index in [1.165, 1.54) is 12.8 Å². The molecule has 1 heterocycles. The molecule has 0 radical (unpaired) electrons. The number of amides is 1. The van der Waals surface area contributed by atoms with Crippen LogP contribution in [0.3, 0.4) is 0 Å². The van der Waals surface area contributed by atoms with Gasteiger partial charge in [0, 0.05) is 18.0 Å². The second kappa shape index (κ2) is 4.52. The third-order valence-corrected chi connectivity index (χ3v) is 3.77. The fraction of sp³-hybridized carbons (Fsp3) is 0.917. The van der Waals surface area contributed by atoms with E-state index in [9.17, 15) is 4.79 Å². The van der Waals surface area contributed by atoms with Crippen LogP contribution >= 0.6 is 0 Å². The topological polar surface area (TPSA) is 41.1 Å². The zero-order chi connectivity index (χ0) is 10.8. The van der Waals surface area contributed by atoms with E-state index < -0.39 is 0 Å². The van der Waals surface area contributed by atoms with Gasteiger partial charge in [-0.2, -0.15) is 0 Å². The van der Waals surface area contributed by atoms with Crippen LogP contribution in [-0.4, -0.2) is 24.5 Å². The second-order valence-corrected chi connectivity index (χ2v) is 5.10. The first-order valence-electron chi connectivity index (χ1n) is 6.24. The van der Waals surface area contributed by atoms with Crippen molar-refractivity contribution in [3.63, 3.8) is 0 Å². The summed E-state index contributed by atoms with van der Waals surface area (Å²) in [6.45, 7) is 5.34. The number of hydrogen-bond acceptors (Lipinski definition) is 2. The number of carbonyl (C=O) groups excluding carboxylic acids is 1. The lowest BCUT2D eigenvalue weighted by atomic mass is 9.92. The molecule has 1 amide bonds. The fourth-order valence-corrected chi connectivity index (χ4v) is 2.55. The Balaban J connectivity index is 1.75. The average molecular weight is 210 g/mol. The fourth-order valence-electron chi connectivity index (χ4n) is 2.55. The Morgan fingerprint density at radius 2 is 2.27 bits per heavy atom. The minimum Gasteiger partial charge on any atom is -0.353 e. The standard InChI is InChI=1S/C12H22N2O/c1-3-9-7-11(9)14-12(15)10-4-5-13-8(2)6-10/h8-11,13H,3-7H2,1-2H3,(H,14,15). The minimum atomic E-state index is 0.249. The van der Waals surface area contributed by atoms with Gasteiger partial charge in [-0.05, 0) is 38.6 Å². The van der Waals surface area contributed by atoms with Crippen LogP contribution in [0.25, 0.3) is 0 Å². The highest BCUT2D eigenvalue weighted by molar-refractivity contribution is 5.79. The SMILES string of the molecule is CCC1CC1NC(=O)C1CCNC(C)C1. The van der Waals surface area contributed by atoms with Gasteiger partial charge in [0.25, 0.3) is 0 Å². The van der Waals surface area contributed by atoms with E-state index in [-0.39, 0.29) is 5.92 Å². The lowest BCUT2D eigenvalue weighted by Crippen LogP contribution is -2.43. The van der Waals surface area contributed by atoms with Crippen LogP contribution < -0.4 is 10.6 Å². The van der Waals surface area contributed by atoms with Crippen molar-refractivity contribution in [1.82, 2.24) is 10.6 Å². The Kier molecular flexibility index (Phi) is 3.29. The van der Waals surface area contributed by atoms with Crippen molar-refractivity contribution in [3.8, 4) is 0 Å². The van der Waals surface area contributed by atoms with E-state index in [0.29, 0.717) is 18.0 Å². The maximum Gasteiger partial charge on any atom is 0.223 e. The maximum atomic E-state index is 11.9. The molecule has 4 unspecified atom stereocenters. The van der Waals surface area contributed by atoms with Crippen molar-refractivity contribution in [1.29, 1.82) is 0 Å². The van der Waals surface area contributed by atoms with Crippen LogP contribution in [0.1, 0.15) is 39.5 Å². The summed E-state index contributed by atoms with van der Waals surface area (Å²) in [6.07, 6.45) is 4.39. The number of nitrogens with one attached hydrogen (secondary N) is 2. The van der Waals surface area contributed by atoms with Crippen molar-refractivity contribution >= 4 is 5.91 Å². The van der Waals surface area contributed by atoms with Crippen molar-refractivity contribution < 1.29 is 4.79 Å². The van der Waals surface area contributed by atoms with Crippen molar-refractivity contribution in [2.75, 3.05) is 6.54 Å². The van der Waals surface area contributed by atoms with Gasteiger partial charge >= 0.3 is 0 Å². The Morgan fingerprint density at radius 3 is 2.87 bits per heavy atom. The highest BCUT2D eigenvalue weighted by Gasteiger charge is 2.38. The first-order valence-corrected chi connectivity index (χ1v) is 6.24. The Morgan fingerprint density at radius 1 is 1.47 bits per heavy atom. The first-order chi connectivity index (χ1) is 7.20. The Bertz CT molecular complexity index is 242. The maximum absolute atomic E-state index is 11.9. The van der Waals surface area contributed by atoms with E-state index in [2.05, 4.69) is 24.5 Å². The third kappa shape index (κ3) is 2.71. The lowest BCUT2D eigenvalue weighted by molar-refractivity contribution is -0.126. The molecule has 2 N–H and O–H groups in total. The van der Waals surface area contributed by atoms with Gasteiger partial charge in [-0.1, -0.05) is 13.3 Å². The molecule has 3 heteroatoms. The molecule has 0 aromatic rings. The van der Waals surface area contributed by atoms with E-state index >= 15 is 0 Å². The van der Waals surface area contributed by atoms with Gasteiger partial charge in [-0.15, -0.1) is 0 Å². The number of hydrogen-bond donors (Lipinski definition) is 2. The van der Waals surface area contributed by atoms with Gasteiger partial charge in [-0.25, -0.2) is 0 Å². The molecule has 0 aromatic heterocycles. The lowest BCUT2D eigenvalue weighted by Gasteiger charge is -2.27. The molecule has 0 spiro atoms. The van der Waals surface area contributed by atoms with Crippen LogP contribution in [0.2, 0.25) is 0 Å². The highest BCUT2D eigenvalue weighted by Crippen LogP contribution is 2.33. The Labute approximate surface area is 92.0 Å². The van der Waals surface area contributed by atoms with E-state index in [1.54, 1.807) is 0 Å². The molecule has 2 rings (SSSR count). The molecule has 1 saturated carbocycles. The highest BCUT2D eigenvalue weighted by atomic mass is 16.2. The van der Waals surface area contributed by atoms with E-state index in [1.807, 2.05) is 0 Å². The molecule has 15 heavy (non-hydrogen) atoms. The summed E-state index contributed by atoms with van der Waals surface area (Å²) in [4.78, 5) is 11.9. The summed E-state index contributed by atoms with van der Waals surface area (Å²) in [7, 11) is 0. The van der Waals surface area contributed by atoms with Crippen molar-refractivity contribution in [2.24, 2.45) is 11.8 Å².